The van der Waals surface area contributed by atoms with E-state index in [4.69, 9.17) is 23.1 Å². The van der Waals surface area contributed by atoms with E-state index in [1.54, 1.807) is 0 Å². The maximum absolute atomic E-state index is 8.81. The van der Waals surface area contributed by atoms with Crippen molar-refractivity contribution in [2.45, 2.75) is 20.3 Å². The van der Waals surface area contributed by atoms with E-state index in [9.17, 15) is 0 Å². The van der Waals surface area contributed by atoms with Crippen LogP contribution in [-0.4, -0.2) is 41.2 Å². The molecule has 0 fully saturated rings. The van der Waals surface area contributed by atoms with Crippen LogP contribution in [0.1, 0.15) is 20.3 Å². The Morgan fingerprint density at radius 3 is 2.46 bits per heavy atom. The van der Waals surface area contributed by atoms with E-state index in [2.05, 4.69) is 18.7 Å². The fraction of sp³-hybridized carbons (Fsp3) is 0.889. The molecule has 0 spiro atoms. The molecule has 0 amide bonds. The third-order valence-corrected chi connectivity index (χ3v) is 1.92. The number of hydrogen-bond acceptors (Lipinski definition) is 3. The Balaban J connectivity index is 3.72. The van der Waals surface area contributed by atoms with Crippen LogP contribution in [0.25, 0.3) is 0 Å². The maximum atomic E-state index is 8.81. The van der Waals surface area contributed by atoms with Gasteiger partial charge >= 0.3 is 0 Å². The molecule has 0 saturated carbocycles. The van der Waals surface area contributed by atoms with Gasteiger partial charge in [-0.15, -0.1) is 0 Å². The minimum Gasteiger partial charge on any atom is -0.395 e. The number of aliphatic hydroxyl groups excluding tert-OH is 1. The molecule has 4 heteroatoms. The molecule has 0 unspecified atom stereocenters. The summed E-state index contributed by atoms with van der Waals surface area (Å²) in [7, 11) is 0. The molecule has 0 saturated heterocycles. The molecule has 0 aromatic carbocycles. The van der Waals surface area contributed by atoms with Crippen molar-refractivity contribution >= 4 is 17.2 Å². The number of thiocarbonyl (C=S) groups is 1. The van der Waals surface area contributed by atoms with Crippen molar-refractivity contribution in [3.8, 4) is 0 Å². The first-order chi connectivity index (χ1) is 6.06. The predicted molar refractivity (Wildman–Crippen MR) is 59.8 cm³/mol. The average molecular weight is 204 g/mol. The number of rotatable bonds is 7. The molecule has 0 aliphatic carbocycles. The van der Waals surface area contributed by atoms with Gasteiger partial charge in [-0.2, -0.15) is 0 Å². The first kappa shape index (κ1) is 12.8. The van der Waals surface area contributed by atoms with Crippen molar-refractivity contribution in [2.75, 3.05) is 26.2 Å². The van der Waals surface area contributed by atoms with Crippen LogP contribution < -0.4 is 5.73 Å². The van der Waals surface area contributed by atoms with Gasteiger partial charge in [0.15, 0.2) is 0 Å². The van der Waals surface area contributed by atoms with Crippen molar-refractivity contribution < 1.29 is 5.11 Å². The Kier molecular flexibility index (Phi) is 7.13. The molecule has 0 atom stereocenters. The highest BCUT2D eigenvalue weighted by Crippen LogP contribution is 1.99. The number of nitrogens with zero attached hydrogens (tertiary/aromatic N) is 1. The summed E-state index contributed by atoms with van der Waals surface area (Å²) in [5, 5.41) is 8.81. The zero-order chi connectivity index (χ0) is 10.3. The van der Waals surface area contributed by atoms with Gasteiger partial charge in [0.1, 0.15) is 0 Å². The van der Waals surface area contributed by atoms with Gasteiger partial charge in [0.2, 0.25) is 0 Å². The zero-order valence-electron chi connectivity index (χ0n) is 8.49. The molecule has 0 aromatic heterocycles. The third-order valence-electron chi connectivity index (χ3n) is 1.71. The van der Waals surface area contributed by atoms with Crippen molar-refractivity contribution in [3.05, 3.63) is 0 Å². The third kappa shape index (κ3) is 8.15. The highest BCUT2D eigenvalue weighted by atomic mass is 32.1. The van der Waals surface area contributed by atoms with E-state index in [0.29, 0.717) is 17.5 Å². The second-order valence-electron chi connectivity index (χ2n) is 3.63. The largest absolute Gasteiger partial charge is 0.395 e. The van der Waals surface area contributed by atoms with E-state index in [-0.39, 0.29) is 6.61 Å². The normalized spacial score (nSPS) is 11.2. The second-order valence-corrected chi connectivity index (χ2v) is 4.16. The molecule has 3 N–H and O–H groups in total. The SMILES string of the molecule is CC(C)CN(CCO)CCC(N)=S. The summed E-state index contributed by atoms with van der Waals surface area (Å²) in [6, 6.07) is 0. The Hall–Kier alpha value is -0.190. The summed E-state index contributed by atoms with van der Waals surface area (Å²) < 4.78 is 0. The van der Waals surface area contributed by atoms with E-state index >= 15 is 0 Å². The standard InChI is InChI=1S/C9H20N2OS/c1-8(2)7-11(5-6-12)4-3-9(10)13/h8,12H,3-7H2,1-2H3,(H2,10,13). The van der Waals surface area contributed by atoms with Gasteiger partial charge in [-0.05, 0) is 5.92 Å². The van der Waals surface area contributed by atoms with Crippen molar-refractivity contribution in [3.63, 3.8) is 0 Å². The molecule has 78 valence electrons. The quantitative estimate of drug-likeness (QED) is 0.597. The van der Waals surface area contributed by atoms with Crippen LogP contribution in [0.15, 0.2) is 0 Å². The highest BCUT2D eigenvalue weighted by molar-refractivity contribution is 7.80. The van der Waals surface area contributed by atoms with Crippen molar-refractivity contribution in [1.29, 1.82) is 0 Å². The van der Waals surface area contributed by atoms with Gasteiger partial charge < -0.3 is 15.7 Å². The Bertz CT molecular complexity index is 151. The summed E-state index contributed by atoms with van der Waals surface area (Å²) in [5.74, 6) is 0.609. The van der Waals surface area contributed by atoms with E-state index in [1.807, 2.05) is 0 Å². The van der Waals surface area contributed by atoms with Gasteiger partial charge in [0.25, 0.3) is 0 Å². The van der Waals surface area contributed by atoms with Crippen LogP contribution in [-0.2, 0) is 0 Å². The fourth-order valence-electron chi connectivity index (χ4n) is 1.22. The lowest BCUT2D eigenvalue weighted by Gasteiger charge is -2.22. The maximum Gasteiger partial charge on any atom is 0.0740 e. The molecule has 0 aliphatic heterocycles. The summed E-state index contributed by atoms with van der Waals surface area (Å²) in [5.41, 5.74) is 5.41. The van der Waals surface area contributed by atoms with Gasteiger partial charge in [0, 0.05) is 26.1 Å². The first-order valence-corrected chi connectivity index (χ1v) is 5.08. The number of nitrogens with two attached hydrogens (primary N) is 1. The lowest BCUT2D eigenvalue weighted by atomic mass is 10.2. The molecular weight excluding hydrogens is 184 g/mol. The van der Waals surface area contributed by atoms with Crippen LogP contribution in [0.4, 0.5) is 0 Å². The van der Waals surface area contributed by atoms with Crippen LogP contribution in [0.3, 0.4) is 0 Å². The van der Waals surface area contributed by atoms with Gasteiger partial charge in [-0.25, -0.2) is 0 Å². The second kappa shape index (κ2) is 7.24. The van der Waals surface area contributed by atoms with Crippen LogP contribution in [0.2, 0.25) is 0 Å². The number of aliphatic hydroxyl groups is 1. The molecular formula is C9H20N2OS. The molecule has 0 bridgehead atoms. The molecule has 0 rings (SSSR count). The molecule has 13 heavy (non-hydrogen) atoms. The van der Waals surface area contributed by atoms with E-state index in [1.165, 1.54) is 0 Å². The Labute approximate surface area is 85.9 Å². The molecule has 0 heterocycles. The molecule has 0 radical (unpaired) electrons. The van der Waals surface area contributed by atoms with Gasteiger partial charge in [0.05, 0.1) is 11.6 Å². The smallest absolute Gasteiger partial charge is 0.0740 e. The topological polar surface area (TPSA) is 49.5 Å². The van der Waals surface area contributed by atoms with E-state index in [0.717, 1.165) is 19.5 Å². The van der Waals surface area contributed by atoms with Crippen molar-refractivity contribution in [2.24, 2.45) is 11.7 Å². The summed E-state index contributed by atoms with van der Waals surface area (Å²) in [4.78, 5) is 2.73. The highest BCUT2D eigenvalue weighted by Gasteiger charge is 2.06. The molecule has 0 aromatic rings. The predicted octanol–water partition coefficient (Wildman–Crippen LogP) is 0.613. The Morgan fingerprint density at radius 2 is 2.08 bits per heavy atom. The fourth-order valence-corrected chi connectivity index (χ4v) is 1.31. The monoisotopic (exact) mass is 204 g/mol. The lowest BCUT2D eigenvalue weighted by Crippen LogP contribution is -2.33. The van der Waals surface area contributed by atoms with E-state index < -0.39 is 0 Å². The summed E-state index contributed by atoms with van der Waals surface area (Å²) >= 11 is 4.80. The number of hydrogen-bond donors (Lipinski definition) is 2. The summed E-state index contributed by atoms with van der Waals surface area (Å²) in [6.07, 6.45) is 0.738. The van der Waals surface area contributed by atoms with Crippen LogP contribution in [0, 0.1) is 5.92 Å². The first-order valence-electron chi connectivity index (χ1n) is 4.67. The van der Waals surface area contributed by atoms with Crippen molar-refractivity contribution in [1.82, 2.24) is 4.90 Å². The molecule has 0 aliphatic rings. The average Bonchev–Trinajstić information content (AvgIpc) is 1.99. The van der Waals surface area contributed by atoms with Crippen LogP contribution in [0.5, 0.6) is 0 Å². The van der Waals surface area contributed by atoms with Gasteiger partial charge in [-0.3, -0.25) is 0 Å². The zero-order valence-corrected chi connectivity index (χ0v) is 9.31. The summed E-state index contributed by atoms with van der Waals surface area (Å²) in [6.45, 7) is 7.07. The minimum atomic E-state index is 0.198. The Morgan fingerprint density at radius 1 is 1.46 bits per heavy atom. The van der Waals surface area contributed by atoms with Crippen LogP contribution >= 0.6 is 12.2 Å². The lowest BCUT2D eigenvalue weighted by molar-refractivity contribution is 0.185. The minimum absolute atomic E-state index is 0.198. The van der Waals surface area contributed by atoms with Gasteiger partial charge in [-0.1, -0.05) is 26.1 Å². The molecule has 3 nitrogen and oxygen atoms in total.